The number of likely N-dealkylation sites (tertiary alicyclic amines) is 1. The SMILES string of the molecule is C=CC(/C=C\CC)=C\C=C/C.NSCCN1CCC2(CC1)CC(NC1CC1)C2. The molecule has 0 amide bonds. The Hall–Kier alpha value is -0.810. The fourth-order valence-corrected chi connectivity index (χ4v) is 4.54. The van der Waals surface area contributed by atoms with Crippen LogP contribution in [0.15, 0.2) is 48.6 Å². The first-order chi connectivity index (χ1) is 13.6. The summed E-state index contributed by atoms with van der Waals surface area (Å²) >= 11 is 1.48. The molecule has 3 nitrogen and oxygen atoms in total. The van der Waals surface area contributed by atoms with E-state index >= 15 is 0 Å². The minimum absolute atomic E-state index is 0.721. The number of nitrogens with zero attached hydrogens (tertiary/aromatic N) is 1. The maximum atomic E-state index is 5.49. The van der Waals surface area contributed by atoms with Crippen LogP contribution in [0.1, 0.15) is 58.8 Å². The predicted molar refractivity (Wildman–Crippen MR) is 126 cm³/mol. The van der Waals surface area contributed by atoms with E-state index in [1.807, 2.05) is 31.2 Å². The third-order valence-electron chi connectivity index (χ3n) is 6.11. The fourth-order valence-electron chi connectivity index (χ4n) is 4.18. The molecule has 0 radical (unpaired) electrons. The van der Waals surface area contributed by atoms with Crippen LogP contribution in [0.5, 0.6) is 0 Å². The molecular formula is C24H41N3S. The Kier molecular flexibility index (Phi) is 10.6. The van der Waals surface area contributed by atoms with Crippen LogP contribution in [0.25, 0.3) is 0 Å². The number of rotatable bonds is 9. The summed E-state index contributed by atoms with van der Waals surface area (Å²) in [6.45, 7) is 11.6. The average Bonchev–Trinajstić information content (AvgIpc) is 3.51. The van der Waals surface area contributed by atoms with E-state index in [-0.39, 0.29) is 0 Å². The van der Waals surface area contributed by atoms with Crippen molar-refractivity contribution in [2.24, 2.45) is 10.6 Å². The molecule has 3 rings (SSSR count). The highest BCUT2D eigenvalue weighted by Gasteiger charge is 2.46. The second-order valence-electron chi connectivity index (χ2n) is 8.47. The molecule has 1 saturated heterocycles. The van der Waals surface area contributed by atoms with Crippen LogP contribution in [0.2, 0.25) is 0 Å². The van der Waals surface area contributed by atoms with E-state index in [1.54, 1.807) is 0 Å². The molecule has 1 aliphatic heterocycles. The second kappa shape index (κ2) is 12.7. The van der Waals surface area contributed by atoms with Crippen LogP contribution in [0.4, 0.5) is 0 Å². The van der Waals surface area contributed by atoms with E-state index in [1.165, 1.54) is 70.1 Å². The van der Waals surface area contributed by atoms with Crippen molar-refractivity contribution in [2.75, 3.05) is 25.4 Å². The quantitative estimate of drug-likeness (QED) is 0.408. The van der Waals surface area contributed by atoms with Gasteiger partial charge in [-0.1, -0.05) is 61.9 Å². The molecular weight excluding hydrogens is 362 g/mol. The second-order valence-corrected chi connectivity index (χ2v) is 9.21. The Morgan fingerprint density at radius 2 is 1.96 bits per heavy atom. The van der Waals surface area contributed by atoms with E-state index < -0.39 is 0 Å². The third kappa shape index (κ3) is 8.28. The molecule has 0 atom stereocenters. The zero-order chi connectivity index (χ0) is 20.2. The summed E-state index contributed by atoms with van der Waals surface area (Å²) in [4.78, 5) is 2.59. The first-order valence-electron chi connectivity index (χ1n) is 11.1. The Balaban J connectivity index is 0.000000224. The van der Waals surface area contributed by atoms with Crippen molar-refractivity contribution in [1.82, 2.24) is 10.2 Å². The third-order valence-corrected chi connectivity index (χ3v) is 6.53. The molecule has 28 heavy (non-hydrogen) atoms. The van der Waals surface area contributed by atoms with E-state index in [0.29, 0.717) is 0 Å². The van der Waals surface area contributed by atoms with Crippen LogP contribution >= 0.6 is 11.9 Å². The van der Waals surface area contributed by atoms with Gasteiger partial charge in [-0.25, -0.2) is 0 Å². The lowest BCUT2D eigenvalue weighted by Crippen LogP contribution is -2.54. The van der Waals surface area contributed by atoms with Gasteiger partial charge in [-0.3, -0.25) is 5.14 Å². The van der Waals surface area contributed by atoms with Gasteiger partial charge in [-0.2, -0.15) is 0 Å². The van der Waals surface area contributed by atoms with Crippen LogP contribution < -0.4 is 10.5 Å². The Bertz CT molecular complexity index is 532. The fraction of sp³-hybridized carbons (Fsp3) is 0.667. The molecule has 1 spiro atoms. The van der Waals surface area contributed by atoms with Crippen molar-refractivity contribution >= 4 is 11.9 Å². The number of nitrogens with two attached hydrogens (primary N) is 1. The van der Waals surface area contributed by atoms with Gasteiger partial charge in [0.2, 0.25) is 0 Å². The molecule has 0 bridgehead atoms. The molecule has 2 saturated carbocycles. The van der Waals surface area contributed by atoms with Crippen LogP contribution in [-0.4, -0.2) is 42.4 Å². The lowest BCUT2D eigenvalue weighted by molar-refractivity contribution is 0.00744. The number of nitrogens with one attached hydrogen (secondary N) is 1. The Labute approximate surface area is 177 Å². The molecule has 3 fully saturated rings. The van der Waals surface area contributed by atoms with E-state index in [9.17, 15) is 0 Å². The molecule has 0 aromatic rings. The first kappa shape index (κ1) is 23.5. The molecule has 0 aromatic heterocycles. The van der Waals surface area contributed by atoms with Crippen molar-refractivity contribution in [3.05, 3.63) is 48.6 Å². The largest absolute Gasteiger partial charge is 0.311 e. The summed E-state index contributed by atoms with van der Waals surface area (Å²) in [6.07, 6.45) is 21.8. The highest BCUT2D eigenvalue weighted by atomic mass is 32.2. The topological polar surface area (TPSA) is 41.3 Å². The monoisotopic (exact) mass is 403 g/mol. The number of hydrogen-bond donors (Lipinski definition) is 2. The summed E-state index contributed by atoms with van der Waals surface area (Å²) in [5.74, 6) is 1.08. The van der Waals surface area contributed by atoms with Gasteiger partial charge in [0.25, 0.3) is 0 Å². The van der Waals surface area contributed by atoms with Crippen molar-refractivity contribution in [1.29, 1.82) is 0 Å². The molecule has 3 N–H and O–H groups in total. The summed E-state index contributed by atoms with van der Waals surface area (Å²) in [6, 6.07) is 1.74. The van der Waals surface area contributed by atoms with Gasteiger partial charge in [-0.05, 0) is 75.9 Å². The van der Waals surface area contributed by atoms with Crippen LogP contribution in [0.3, 0.4) is 0 Å². The number of hydrogen-bond acceptors (Lipinski definition) is 4. The van der Waals surface area contributed by atoms with Gasteiger partial charge in [0, 0.05) is 24.4 Å². The van der Waals surface area contributed by atoms with Gasteiger partial charge in [0.05, 0.1) is 0 Å². The van der Waals surface area contributed by atoms with Crippen molar-refractivity contribution in [2.45, 2.75) is 70.9 Å². The predicted octanol–water partition coefficient (Wildman–Crippen LogP) is 5.23. The van der Waals surface area contributed by atoms with Crippen molar-refractivity contribution in [3.8, 4) is 0 Å². The zero-order valence-corrected chi connectivity index (χ0v) is 18.9. The lowest BCUT2D eigenvalue weighted by Gasteiger charge is -2.52. The van der Waals surface area contributed by atoms with Gasteiger partial charge >= 0.3 is 0 Å². The zero-order valence-electron chi connectivity index (χ0n) is 18.0. The lowest BCUT2D eigenvalue weighted by atomic mass is 9.60. The van der Waals surface area contributed by atoms with Crippen molar-refractivity contribution in [3.63, 3.8) is 0 Å². The van der Waals surface area contributed by atoms with Crippen molar-refractivity contribution < 1.29 is 0 Å². The summed E-state index contributed by atoms with van der Waals surface area (Å²) in [5.41, 5.74) is 1.88. The van der Waals surface area contributed by atoms with Crippen LogP contribution in [0, 0.1) is 5.41 Å². The molecule has 1 heterocycles. The molecule has 0 aromatic carbocycles. The highest BCUT2D eigenvalue weighted by Crippen LogP contribution is 2.49. The average molecular weight is 404 g/mol. The summed E-state index contributed by atoms with van der Waals surface area (Å²) in [5, 5.41) is 9.26. The number of allylic oxidation sites excluding steroid dienone is 7. The maximum Gasteiger partial charge on any atom is 0.0204 e. The smallest absolute Gasteiger partial charge is 0.0204 e. The molecule has 4 heteroatoms. The minimum Gasteiger partial charge on any atom is -0.311 e. The molecule has 2 aliphatic carbocycles. The molecule has 158 valence electrons. The van der Waals surface area contributed by atoms with Crippen LogP contribution in [-0.2, 0) is 0 Å². The Morgan fingerprint density at radius 1 is 1.25 bits per heavy atom. The standard InChI is InChI=1S/C13H25N3S.C11H16/c14-17-8-7-16-5-3-13(4-6-16)9-12(10-13)15-11-1-2-11;1-4-7-9-11(6-3)10-8-5-2/h11-12,15H,1-10,14H2;4,6-10H,3,5H2,1-2H3/b;7-4-,10-8-,11-9+. The summed E-state index contributed by atoms with van der Waals surface area (Å²) < 4.78 is 0. The normalized spacial score (nSPS) is 23.0. The first-order valence-corrected chi connectivity index (χ1v) is 12.1. The maximum absolute atomic E-state index is 5.49. The van der Waals surface area contributed by atoms with Gasteiger partial charge in [0.15, 0.2) is 0 Å². The Morgan fingerprint density at radius 3 is 2.50 bits per heavy atom. The highest BCUT2D eigenvalue weighted by molar-refractivity contribution is 7.97. The van der Waals surface area contributed by atoms with E-state index in [2.05, 4.69) is 35.9 Å². The number of piperidine rings is 1. The van der Waals surface area contributed by atoms with Gasteiger partial charge in [-0.15, -0.1) is 0 Å². The van der Waals surface area contributed by atoms with Gasteiger partial charge < -0.3 is 10.2 Å². The molecule has 3 aliphatic rings. The van der Waals surface area contributed by atoms with Gasteiger partial charge in [0.1, 0.15) is 0 Å². The van der Waals surface area contributed by atoms with E-state index in [0.717, 1.165) is 35.2 Å². The minimum atomic E-state index is 0.721. The van der Waals surface area contributed by atoms with E-state index in [4.69, 9.17) is 5.14 Å². The molecule has 0 unspecified atom stereocenters. The summed E-state index contributed by atoms with van der Waals surface area (Å²) in [7, 11) is 0.